The molecule has 0 aliphatic carbocycles. The maximum atomic E-state index is 9.18. The SMILES string of the molecule is [2H]c1cc([2H])c2sc3c(-c4cc(-c5nc(-c6ccccc6)nc(-c6ccccc6)n5)ccc4-n4c5c([2H])cc([2H])c([2H])c5c5c([2H])c([2H])cc([2H])c54)cc([2H])c([2H])c3c2c1[2H]. The van der Waals surface area contributed by atoms with Gasteiger partial charge in [-0.25, -0.2) is 15.0 Å². The maximum Gasteiger partial charge on any atom is 0.164 e. The van der Waals surface area contributed by atoms with Crippen LogP contribution in [0.2, 0.25) is 0 Å². The van der Waals surface area contributed by atoms with Crippen molar-refractivity contribution in [1.29, 1.82) is 0 Å². The highest BCUT2D eigenvalue weighted by molar-refractivity contribution is 7.26. The van der Waals surface area contributed by atoms with Crippen LogP contribution in [-0.4, -0.2) is 19.5 Å². The van der Waals surface area contributed by atoms with Crippen molar-refractivity contribution >= 4 is 53.3 Å². The molecular formula is C45H28N4S. The average molecular weight is 668 g/mol. The lowest BCUT2D eigenvalue weighted by atomic mass is 9.98. The zero-order valence-electron chi connectivity index (χ0n) is 37.0. The molecule has 0 bridgehead atoms. The lowest BCUT2D eigenvalue weighted by molar-refractivity contribution is 1.07. The number of fused-ring (bicyclic) bond motifs is 6. The van der Waals surface area contributed by atoms with Crippen molar-refractivity contribution in [2.45, 2.75) is 0 Å². The summed E-state index contributed by atoms with van der Waals surface area (Å²) in [5.41, 5.74) is 3.41. The molecule has 7 aromatic carbocycles. The van der Waals surface area contributed by atoms with Crippen LogP contribution in [-0.2, 0) is 0 Å². The van der Waals surface area contributed by atoms with Gasteiger partial charge in [-0.1, -0.05) is 133 Å². The minimum atomic E-state index is -0.269. The lowest BCUT2D eigenvalue weighted by Gasteiger charge is -2.17. The largest absolute Gasteiger partial charge is 0.309 e. The third-order valence-electron chi connectivity index (χ3n) is 8.65. The number of nitrogens with zero attached hydrogens (tertiary/aromatic N) is 4. The Morgan fingerprint density at radius 3 is 1.66 bits per heavy atom. The molecule has 0 N–H and O–H groups in total. The van der Waals surface area contributed by atoms with Gasteiger partial charge in [-0.15, -0.1) is 11.3 Å². The van der Waals surface area contributed by atoms with Crippen LogP contribution in [0.4, 0.5) is 0 Å². The summed E-state index contributed by atoms with van der Waals surface area (Å²) in [6.45, 7) is 0. The molecule has 0 amide bonds. The predicted octanol–water partition coefficient (Wildman–Crippen LogP) is 12.0. The van der Waals surface area contributed by atoms with Crippen molar-refractivity contribution in [3.63, 3.8) is 0 Å². The summed E-state index contributed by atoms with van der Waals surface area (Å²) in [7, 11) is 0. The van der Waals surface area contributed by atoms with Gasteiger partial charge in [-0.05, 0) is 36.3 Å². The van der Waals surface area contributed by atoms with Crippen molar-refractivity contribution in [2.75, 3.05) is 0 Å². The zero-order chi connectivity index (χ0) is 42.6. The molecule has 10 aromatic rings. The van der Waals surface area contributed by atoms with Crippen LogP contribution in [0, 0.1) is 0 Å². The van der Waals surface area contributed by atoms with Crippen LogP contribution in [0.1, 0.15) is 15.1 Å². The molecule has 0 radical (unpaired) electrons. The molecule has 10 rings (SSSR count). The molecule has 0 aliphatic heterocycles. The summed E-state index contributed by atoms with van der Waals surface area (Å²) in [5.74, 6) is 1.12. The number of hydrogen-bond donors (Lipinski definition) is 0. The van der Waals surface area contributed by atoms with E-state index in [0.717, 1.165) is 22.5 Å². The van der Waals surface area contributed by atoms with Gasteiger partial charge in [-0.2, -0.15) is 0 Å². The van der Waals surface area contributed by atoms with Crippen LogP contribution in [0.3, 0.4) is 0 Å². The summed E-state index contributed by atoms with van der Waals surface area (Å²) in [4.78, 5) is 14.7. The molecule has 0 aliphatic rings. The van der Waals surface area contributed by atoms with E-state index in [1.165, 1.54) is 24.3 Å². The quantitative estimate of drug-likeness (QED) is 0.183. The number of thiophene rings is 1. The Morgan fingerprint density at radius 2 is 1.02 bits per heavy atom. The highest BCUT2D eigenvalue weighted by atomic mass is 32.1. The molecule has 0 saturated heterocycles. The van der Waals surface area contributed by atoms with E-state index in [9.17, 15) is 2.74 Å². The first-order valence-corrected chi connectivity index (χ1v) is 16.6. The average Bonchev–Trinajstić information content (AvgIpc) is 3.85. The summed E-state index contributed by atoms with van der Waals surface area (Å²) in [6.07, 6.45) is 0. The van der Waals surface area contributed by atoms with E-state index in [0.29, 0.717) is 49.3 Å². The molecule has 0 saturated carbocycles. The molecule has 3 heterocycles. The minimum Gasteiger partial charge on any atom is -0.309 e. The maximum absolute atomic E-state index is 9.18. The molecule has 234 valence electrons. The second kappa shape index (κ2) is 11.6. The Balaban J connectivity index is 1.37. The van der Waals surface area contributed by atoms with Crippen molar-refractivity contribution in [3.8, 4) is 51.0 Å². The summed E-state index contributed by atoms with van der Waals surface area (Å²) in [6, 6.07) is 27.4. The first-order chi connectivity index (χ1) is 29.3. The number of rotatable bonds is 5. The third-order valence-corrected chi connectivity index (χ3v) is 9.81. The van der Waals surface area contributed by atoms with E-state index in [-0.39, 0.29) is 99.0 Å². The van der Waals surface area contributed by atoms with E-state index in [4.69, 9.17) is 27.3 Å². The Morgan fingerprint density at radius 1 is 0.460 bits per heavy atom. The Labute approximate surface area is 308 Å². The molecule has 3 aromatic heterocycles. The Bertz CT molecular complexity index is 3370. The van der Waals surface area contributed by atoms with Crippen LogP contribution < -0.4 is 0 Å². The number of hydrogen-bond acceptors (Lipinski definition) is 4. The van der Waals surface area contributed by atoms with Crippen LogP contribution in [0.25, 0.3) is 93.0 Å². The van der Waals surface area contributed by atoms with E-state index < -0.39 is 0 Å². The van der Waals surface area contributed by atoms with Crippen LogP contribution >= 0.6 is 11.3 Å². The smallest absolute Gasteiger partial charge is 0.164 e. The third kappa shape index (κ3) is 4.63. The fourth-order valence-electron chi connectivity index (χ4n) is 6.40. The van der Waals surface area contributed by atoms with Crippen LogP contribution in [0.5, 0.6) is 0 Å². The molecule has 0 fully saturated rings. The molecule has 50 heavy (non-hydrogen) atoms. The van der Waals surface area contributed by atoms with E-state index >= 15 is 0 Å². The summed E-state index contributed by atoms with van der Waals surface area (Å²) >= 11 is 1.16. The first kappa shape index (κ1) is 19.5. The molecular weight excluding hydrogens is 629 g/mol. The molecule has 5 heteroatoms. The first-order valence-electron chi connectivity index (χ1n) is 21.3. The second-order valence-corrected chi connectivity index (χ2v) is 12.6. The lowest BCUT2D eigenvalue weighted by Crippen LogP contribution is -2.02. The standard InChI is InChI=1S/C45H28N4S/c1-3-14-29(15-4-1)43-46-44(30-16-5-2-6-17-30)48-45(47-43)31-26-27-40(49-38-23-10-7-18-32(38)33-19-8-11-24-39(33)49)37(28-31)36-22-13-21-35-34-20-9-12-25-41(34)50-42(35)36/h1-28H/i7D,8D,9D,13D,18D,19D,20D,21D,23D,24D,25D. The van der Waals surface area contributed by atoms with Gasteiger partial charge >= 0.3 is 0 Å². The summed E-state index contributed by atoms with van der Waals surface area (Å²) in [5, 5.41) is 0.592. The number of para-hydroxylation sites is 2. The van der Waals surface area contributed by atoms with Crippen molar-refractivity contribution in [1.82, 2.24) is 19.5 Å². The monoisotopic (exact) mass is 667 g/mol. The van der Waals surface area contributed by atoms with Crippen molar-refractivity contribution in [2.24, 2.45) is 0 Å². The van der Waals surface area contributed by atoms with Crippen molar-refractivity contribution < 1.29 is 15.1 Å². The minimum absolute atomic E-state index is 0.00133. The predicted molar refractivity (Wildman–Crippen MR) is 209 cm³/mol. The number of aromatic nitrogens is 4. The Hall–Kier alpha value is -6.43. The van der Waals surface area contributed by atoms with Gasteiger partial charge in [0.15, 0.2) is 17.5 Å². The van der Waals surface area contributed by atoms with E-state index in [1.807, 2.05) is 60.7 Å². The van der Waals surface area contributed by atoms with E-state index in [2.05, 4.69) is 0 Å². The van der Waals surface area contributed by atoms with E-state index in [1.54, 1.807) is 22.8 Å². The normalized spacial score (nSPS) is 14.7. The highest BCUT2D eigenvalue weighted by Gasteiger charge is 2.20. The van der Waals surface area contributed by atoms with Gasteiger partial charge in [-0.3, -0.25) is 0 Å². The number of benzene rings is 7. The Kier molecular flexibility index (Phi) is 4.54. The zero-order valence-corrected chi connectivity index (χ0v) is 26.8. The second-order valence-electron chi connectivity index (χ2n) is 11.6. The van der Waals surface area contributed by atoms with Gasteiger partial charge in [0.05, 0.1) is 31.8 Å². The van der Waals surface area contributed by atoms with Gasteiger partial charge in [0.25, 0.3) is 0 Å². The van der Waals surface area contributed by atoms with Crippen molar-refractivity contribution in [3.05, 3.63) is 170 Å². The molecule has 0 unspecified atom stereocenters. The van der Waals surface area contributed by atoms with Gasteiger partial charge < -0.3 is 4.57 Å². The topological polar surface area (TPSA) is 43.6 Å². The fourth-order valence-corrected chi connectivity index (χ4v) is 7.51. The van der Waals surface area contributed by atoms with Gasteiger partial charge in [0.1, 0.15) is 0 Å². The van der Waals surface area contributed by atoms with Gasteiger partial charge in [0, 0.05) is 58.8 Å². The molecule has 0 atom stereocenters. The van der Waals surface area contributed by atoms with Gasteiger partial charge in [0.2, 0.25) is 0 Å². The molecule has 0 spiro atoms. The fraction of sp³-hybridized carbons (Fsp3) is 0. The highest BCUT2D eigenvalue weighted by Crippen LogP contribution is 2.44. The summed E-state index contributed by atoms with van der Waals surface area (Å²) < 4.78 is 100. The van der Waals surface area contributed by atoms with Crippen LogP contribution in [0.15, 0.2) is 170 Å². The molecule has 4 nitrogen and oxygen atoms in total.